The van der Waals surface area contributed by atoms with E-state index in [1.807, 2.05) is 34.9 Å². The lowest BCUT2D eigenvalue weighted by Crippen LogP contribution is -2.41. The Morgan fingerprint density at radius 1 is 1.29 bits per heavy atom. The minimum atomic E-state index is -0.0898. The van der Waals surface area contributed by atoms with Crippen LogP contribution in [0.4, 0.5) is 0 Å². The van der Waals surface area contributed by atoms with Crippen LogP contribution < -0.4 is 5.32 Å². The standard InChI is InChI=1S/C16H29N3O2/c1-10(2)8-13(19(6)7)9-17-16(20)14-12(5)18-21-15(14)11(3)4/h10-11,13H,8-9H2,1-7H3,(H,17,20)/t13-/m0/s1. The summed E-state index contributed by atoms with van der Waals surface area (Å²) in [6.45, 7) is 10.8. The third-order valence-corrected chi connectivity index (χ3v) is 3.61. The minimum Gasteiger partial charge on any atom is -0.360 e. The summed E-state index contributed by atoms with van der Waals surface area (Å²) in [7, 11) is 4.09. The second-order valence-electron chi connectivity index (χ2n) is 6.62. The van der Waals surface area contributed by atoms with E-state index in [0.717, 1.165) is 6.42 Å². The molecule has 0 unspecified atom stereocenters. The summed E-state index contributed by atoms with van der Waals surface area (Å²) in [6, 6.07) is 0.330. The van der Waals surface area contributed by atoms with Crippen LogP contribution in [0.15, 0.2) is 4.52 Å². The monoisotopic (exact) mass is 295 g/mol. The summed E-state index contributed by atoms with van der Waals surface area (Å²) in [6.07, 6.45) is 1.05. The van der Waals surface area contributed by atoms with Gasteiger partial charge >= 0.3 is 0 Å². The lowest BCUT2D eigenvalue weighted by Gasteiger charge is -2.26. The first-order valence-corrected chi connectivity index (χ1v) is 7.64. The average Bonchev–Trinajstić information content (AvgIpc) is 2.75. The molecule has 1 aromatic heterocycles. The van der Waals surface area contributed by atoms with E-state index in [1.165, 1.54) is 0 Å². The average molecular weight is 295 g/mol. The summed E-state index contributed by atoms with van der Waals surface area (Å²) in [5.41, 5.74) is 1.24. The van der Waals surface area contributed by atoms with E-state index in [9.17, 15) is 4.79 Å². The van der Waals surface area contributed by atoms with Gasteiger partial charge in [-0.2, -0.15) is 0 Å². The van der Waals surface area contributed by atoms with Gasteiger partial charge in [0.1, 0.15) is 5.56 Å². The normalized spacial score (nSPS) is 13.2. The Labute approximate surface area is 128 Å². The number of aryl methyl sites for hydroxylation is 1. The topological polar surface area (TPSA) is 58.4 Å². The highest BCUT2D eigenvalue weighted by Gasteiger charge is 2.23. The molecule has 0 saturated heterocycles. The van der Waals surface area contributed by atoms with E-state index in [1.54, 1.807) is 0 Å². The van der Waals surface area contributed by atoms with Gasteiger partial charge in [0.2, 0.25) is 0 Å². The second kappa shape index (κ2) is 7.59. The fourth-order valence-corrected chi connectivity index (χ4v) is 2.38. The highest BCUT2D eigenvalue weighted by atomic mass is 16.5. The number of likely N-dealkylation sites (N-methyl/N-ethyl adjacent to an activating group) is 1. The van der Waals surface area contributed by atoms with Crippen LogP contribution >= 0.6 is 0 Å². The van der Waals surface area contributed by atoms with Gasteiger partial charge in [-0.15, -0.1) is 0 Å². The number of hydrogen-bond acceptors (Lipinski definition) is 4. The lowest BCUT2D eigenvalue weighted by atomic mass is 10.0. The zero-order valence-electron chi connectivity index (χ0n) is 14.4. The van der Waals surface area contributed by atoms with Gasteiger partial charge in [-0.25, -0.2) is 0 Å². The van der Waals surface area contributed by atoms with Crippen molar-refractivity contribution in [1.82, 2.24) is 15.4 Å². The first-order chi connectivity index (χ1) is 9.73. The maximum Gasteiger partial charge on any atom is 0.256 e. The molecule has 1 heterocycles. The molecule has 0 fully saturated rings. The fraction of sp³-hybridized carbons (Fsp3) is 0.750. The smallest absolute Gasteiger partial charge is 0.256 e. The second-order valence-corrected chi connectivity index (χ2v) is 6.62. The largest absolute Gasteiger partial charge is 0.360 e. The Morgan fingerprint density at radius 2 is 1.90 bits per heavy atom. The Hall–Kier alpha value is -1.36. The van der Waals surface area contributed by atoms with Crippen molar-refractivity contribution in [2.75, 3.05) is 20.6 Å². The summed E-state index contributed by atoms with van der Waals surface area (Å²) >= 11 is 0. The molecule has 0 aromatic carbocycles. The van der Waals surface area contributed by atoms with Crippen molar-refractivity contribution in [1.29, 1.82) is 0 Å². The van der Waals surface area contributed by atoms with Crippen molar-refractivity contribution in [3.05, 3.63) is 17.0 Å². The molecule has 5 heteroatoms. The van der Waals surface area contributed by atoms with E-state index < -0.39 is 0 Å². The Balaban J connectivity index is 2.75. The number of aromatic nitrogens is 1. The van der Waals surface area contributed by atoms with E-state index >= 15 is 0 Å². The van der Waals surface area contributed by atoms with Crippen molar-refractivity contribution < 1.29 is 9.32 Å². The van der Waals surface area contributed by atoms with Crippen molar-refractivity contribution in [2.45, 2.75) is 53.0 Å². The first kappa shape index (κ1) is 17.7. The van der Waals surface area contributed by atoms with E-state index in [4.69, 9.17) is 4.52 Å². The Kier molecular flexibility index (Phi) is 6.40. The Morgan fingerprint density at radius 3 is 2.38 bits per heavy atom. The van der Waals surface area contributed by atoms with E-state index in [0.29, 0.717) is 35.5 Å². The number of amides is 1. The van der Waals surface area contributed by atoms with Gasteiger partial charge in [0, 0.05) is 18.5 Å². The van der Waals surface area contributed by atoms with Crippen LogP contribution in [0.5, 0.6) is 0 Å². The highest BCUT2D eigenvalue weighted by Crippen LogP contribution is 2.22. The van der Waals surface area contributed by atoms with Crippen LogP contribution in [0, 0.1) is 12.8 Å². The van der Waals surface area contributed by atoms with E-state index in [-0.39, 0.29) is 11.8 Å². The number of rotatable bonds is 7. The van der Waals surface area contributed by atoms with Crippen LogP contribution in [0.2, 0.25) is 0 Å². The molecule has 1 amide bonds. The van der Waals surface area contributed by atoms with Crippen molar-refractivity contribution in [2.24, 2.45) is 5.92 Å². The molecule has 0 bridgehead atoms. The van der Waals surface area contributed by atoms with Gasteiger partial charge in [0.05, 0.1) is 5.69 Å². The van der Waals surface area contributed by atoms with Gasteiger partial charge in [-0.05, 0) is 33.4 Å². The minimum absolute atomic E-state index is 0.0898. The summed E-state index contributed by atoms with van der Waals surface area (Å²) < 4.78 is 5.28. The number of nitrogens with one attached hydrogen (secondary N) is 1. The molecule has 0 aliphatic carbocycles. The quantitative estimate of drug-likeness (QED) is 0.840. The van der Waals surface area contributed by atoms with Crippen molar-refractivity contribution in [3.63, 3.8) is 0 Å². The first-order valence-electron chi connectivity index (χ1n) is 7.64. The number of hydrogen-bond donors (Lipinski definition) is 1. The molecular formula is C16H29N3O2. The molecule has 1 aromatic rings. The molecule has 0 radical (unpaired) electrons. The van der Waals surface area contributed by atoms with Crippen LogP contribution in [0.25, 0.3) is 0 Å². The third kappa shape index (κ3) is 4.84. The maximum atomic E-state index is 12.4. The molecule has 0 aliphatic heterocycles. The van der Waals surface area contributed by atoms with E-state index in [2.05, 4.69) is 29.2 Å². The molecule has 21 heavy (non-hydrogen) atoms. The van der Waals surface area contributed by atoms with Crippen molar-refractivity contribution in [3.8, 4) is 0 Å². The van der Waals surface area contributed by atoms with Crippen LogP contribution in [0.1, 0.15) is 61.8 Å². The summed E-state index contributed by atoms with van der Waals surface area (Å²) in [4.78, 5) is 14.6. The maximum absolute atomic E-state index is 12.4. The zero-order valence-corrected chi connectivity index (χ0v) is 14.4. The third-order valence-electron chi connectivity index (χ3n) is 3.61. The summed E-state index contributed by atoms with van der Waals surface area (Å²) in [5.74, 6) is 1.31. The Bertz CT molecular complexity index is 464. The predicted octanol–water partition coefficient (Wildman–Crippen LogP) is 2.81. The summed E-state index contributed by atoms with van der Waals surface area (Å²) in [5, 5.41) is 6.95. The molecule has 5 nitrogen and oxygen atoms in total. The lowest BCUT2D eigenvalue weighted by molar-refractivity contribution is 0.0935. The zero-order chi connectivity index (χ0) is 16.2. The van der Waals surface area contributed by atoms with Crippen LogP contribution in [0.3, 0.4) is 0 Å². The predicted molar refractivity (Wildman–Crippen MR) is 84.6 cm³/mol. The number of carbonyl (C=O) groups is 1. The highest BCUT2D eigenvalue weighted by molar-refractivity contribution is 5.96. The van der Waals surface area contributed by atoms with Crippen LogP contribution in [-0.2, 0) is 0 Å². The van der Waals surface area contributed by atoms with Gasteiger partial charge in [0.25, 0.3) is 5.91 Å². The molecular weight excluding hydrogens is 266 g/mol. The molecule has 1 N–H and O–H groups in total. The van der Waals surface area contributed by atoms with Gasteiger partial charge in [0.15, 0.2) is 5.76 Å². The SMILES string of the molecule is Cc1noc(C(C)C)c1C(=O)NC[C@H](CC(C)C)N(C)C. The van der Waals surface area contributed by atoms with Crippen molar-refractivity contribution >= 4 is 5.91 Å². The number of carbonyl (C=O) groups excluding carboxylic acids is 1. The molecule has 1 atom stereocenters. The molecule has 0 saturated carbocycles. The number of nitrogens with zero attached hydrogens (tertiary/aromatic N) is 2. The molecule has 120 valence electrons. The van der Waals surface area contributed by atoms with Gasteiger partial charge in [-0.1, -0.05) is 32.9 Å². The van der Waals surface area contributed by atoms with Gasteiger partial charge < -0.3 is 14.7 Å². The molecule has 0 aliphatic rings. The van der Waals surface area contributed by atoms with Gasteiger partial charge in [-0.3, -0.25) is 4.79 Å². The molecule has 0 spiro atoms. The fourth-order valence-electron chi connectivity index (χ4n) is 2.38. The van der Waals surface area contributed by atoms with Crippen LogP contribution in [-0.4, -0.2) is 42.6 Å². The molecule has 1 rings (SSSR count).